The van der Waals surface area contributed by atoms with Gasteiger partial charge in [-0.3, -0.25) is 0 Å². The van der Waals surface area contributed by atoms with Crippen molar-refractivity contribution in [2.45, 2.75) is 13.8 Å². The van der Waals surface area contributed by atoms with E-state index in [2.05, 4.69) is 92.3 Å². The average Bonchev–Trinajstić information content (AvgIpc) is 3.29. The molecule has 2 aromatic heterocycles. The minimum Gasteiger partial charge on any atom is -0.454 e. The van der Waals surface area contributed by atoms with Crippen LogP contribution in [0.5, 0.6) is 0 Å². The molecule has 0 bridgehead atoms. The van der Waals surface area contributed by atoms with Crippen molar-refractivity contribution in [1.82, 2.24) is 0 Å². The highest BCUT2D eigenvalue weighted by Gasteiger charge is 2.24. The van der Waals surface area contributed by atoms with E-state index in [0.717, 1.165) is 66.6 Å². The zero-order valence-corrected chi connectivity index (χ0v) is 20.5. The number of benzene rings is 4. The Kier molecular flexibility index (Phi) is 5.16. The van der Waals surface area contributed by atoms with Crippen LogP contribution in [0.3, 0.4) is 0 Å². The SMILES string of the molecule is Cc1ccc2c(oc3c(-c4cccc(-c5ccccc5)c4)c(C#N)cc(C)c32)c1-c1cccc[n+]1C. The molecular weight excluding hydrogens is 440 g/mol. The second-order valence-corrected chi connectivity index (χ2v) is 9.31. The fraction of sp³-hybridized carbons (Fsp3) is 0.0909. The quantitative estimate of drug-likeness (QED) is 0.249. The van der Waals surface area contributed by atoms with E-state index in [0.29, 0.717) is 5.56 Å². The summed E-state index contributed by atoms with van der Waals surface area (Å²) in [7, 11) is 2.05. The standard InChI is InChI=1S/C33H25N2O/c1-21-15-16-27-29-22(2)18-26(20-34)31(25-13-9-12-24(19-25)23-10-5-4-6-11-23)33(29)36-32(27)30(21)28-14-7-8-17-35(28)3/h4-19H,1-3H3/q+1. The predicted molar refractivity (Wildman–Crippen MR) is 145 cm³/mol. The summed E-state index contributed by atoms with van der Waals surface area (Å²) in [6, 6.07) is 33.6. The smallest absolute Gasteiger partial charge is 0.216 e. The number of hydrogen-bond acceptors (Lipinski definition) is 2. The van der Waals surface area contributed by atoms with Gasteiger partial charge in [-0.1, -0.05) is 60.7 Å². The summed E-state index contributed by atoms with van der Waals surface area (Å²) in [6.45, 7) is 4.18. The van der Waals surface area contributed by atoms with E-state index in [4.69, 9.17) is 4.42 Å². The predicted octanol–water partition coefficient (Wildman–Crippen LogP) is 7.90. The first-order valence-corrected chi connectivity index (χ1v) is 12.1. The molecule has 0 N–H and O–H groups in total. The molecule has 4 aromatic carbocycles. The lowest BCUT2D eigenvalue weighted by molar-refractivity contribution is -0.660. The van der Waals surface area contributed by atoms with Gasteiger partial charge in [-0.05, 0) is 59.9 Å². The summed E-state index contributed by atoms with van der Waals surface area (Å²) in [5, 5.41) is 12.3. The molecule has 0 fully saturated rings. The van der Waals surface area contributed by atoms with Crippen molar-refractivity contribution in [2.24, 2.45) is 7.05 Å². The number of nitrogens with zero attached hydrogens (tertiary/aromatic N) is 2. The van der Waals surface area contributed by atoms with Gasteiger partial charge in [-0.2, -0.15) is 5.26 Å². The maximum atomic E-state index is 10.1. The van der Waals surface area contributed by atoms with Gasteiger partial charge in [-0.15, -0.1) is 0 Å². The van der Waals surface area contributed by atoms with Crippen LogP contribution < -0.4 is 4.57 Å². The molecular formula is C33H25N2O+. The molecule has 172 valence electrons. The Hall–Kier alpha value is -4.68. The maximum absolute atomic E-state index is 10.1. The van der Waals surface area contributed by atoms with Crippen LogP contribution in [0.15, 0.2) is 102 Å². The number of nitriles is 1. The van der Waals surface area contributed by atoms with Crippen LogP contribution >= 0.6 is 0 Å². The second-order valence-electron chi connectivity index (χ2n) is 9.31. The molecule has 0 amide bonds. The van der Waals surface area contributed by atoms with E-state index >= 15 is 0 Å². The first kappa shape index (κ1) is 21.8. The van der Waals surface area contributed by atoms with Gasteiger partial charge in [0.1, 0.15) is 18.2 Å². The van der Waals surface area contributed by atoms with Gasteiger partial charge in [0.05, 0.1) is 17.2 Å². The number of aromatic nitrogens is 1. The van der Waals surface area contributed by atoms with Crippen molar-refractivity contribution in [3.63, 3.8) is 0 Å². The third-order valence-electron chi connectivity index (χ3n) is 7.01. The summed E-state index contributed by atoms with van der Waals surface area (Å²) < 4.78 is 8.88. The van der Waals surface area contributed by atoms with Gasteiger partial charge in [0.15, 0.2) is 6.20 Å². The van der Waals surface area contributed by atoms with Crippen LogP contribution in [0.2, 0.25) is 0 Å². The van der Waals surface area contributed by atoms with E-state index in [1.54, 1.807) is 0 Å². The molecule has 3 heteroatoms. The highest BCUT2D eigenvalue weighted by molar-refractivity contribution is 6.15. The number of pyridine rings is 1. The Morgan fingerprint density at radius 3 is 2.22 bits per heavy atom. The lowest BCUT2D eigenvalue weighted by Crippen LogP contribution is -2.30. The van der Waals surface area contributed by atoms with E-state index < -0.39 is 0 Å². The molecule has 2 heterocycles. The monoisotopic (exact) mass is 465 g/mol. The van der Waals surface area contributed by atoms with Crippen molar-refractivity contribution >= 4 is 21.9 Å². The third kappa shape index (κ3) is 3.39. The lowest BCUT2D eigenvalue weighted by Gasteiger charge is -2.10. The van der Waals surface area contributed by atoms with Gasteiger partial charge < -0.3 is 4.42 Å². The molecule has 0 saturated heterocycles. The van der Waals surface area contributed by atoms with Crippen LogP contribution in [0, 0.1) is 25.2 Å². The Morgan fingerprint density at radius 2 is 1.44 bits per heavy atom. The van der Waals surface area contributed by atoms with Gasteiger partial charge in [-0.25, -0.2) is 4.57 Å². The lowest BCUT2D eigenvalue weighted by atomic mass is 9.92. The van der Waals surface area contributed by atoms with E-state index in [1.807, 2.05) is 36.4 Å². The molecule has 6 aromatic rings. The average molecular weight is 466 g/mol. The van der Waals surface area contributed by atoms with Gasteiger partial charge in [0, 0.05) is 28.5 Å². The normalized spacial score (nSPS) is 11.2. The zero-order valence-electron chi connectivity index (χ0n) is 20.5. The Bertz CT molecular complexity index is 1820. The molecule has 0 saturated carbocycles. The second kappa shape index (κ2) is 8.52. The number of rotatable bonds is 3. The molecule has 0 aliphatic heterocycles. The fourth-order valence-corrected chi connectivity index (χ4v) is 5.27. The molecule has 3 nitrogen and oxygen atoms in total. The summed E-state index contributed by atoms with van der Waals surface area (Å²) in [5.41, 5.74) is 10.6. The fourth-order valence-electron chi connectivity index (χ4n) is 5.27. The Balaban J connectivity index is 1.70. The first-order chi connectivity index (χ1) is 17.6. The minimum absolute atomic E-state index is 0.618. The molecule has 6 rings (SSSR count). The van der Waals surface area contributed by atoms with Crippen molar-refractivity contribution in [3.05, 3.63) is 114 Å². The van der Waals surface area contributed by atoms with Crippen molar-refractivity contribution in [2.75, 3.05) is 0 Å². The van der Waals surface area contributed by atoms with Crippen molar-refractivity contribution in [1.29, 1.82) is 5.26 Å². The number of fused-ring (bicyclic) bond motifs is 3. The van der Waals surface area contributed by atoms with Gasteiger partial charge >= 0.3 is 0 Å². The number of hydrogen-bond donors (Lipinski definition) is 0. The first-order valence-electron chi connectivity index (χ1n) is 12.1. The van der Waals surface area contributed by atoms with Crippen LogP contribution in [0.4, 0.5) is 0 Å². The molecule has 0 aliphatic carbocycles. The number of furan rings is 1. The highest BCUT2D eigenvalue weighted by atomic mass is 16.3. The minimum atomic E-state index is 0.618. The molecule has 0 aliphatic rings. The Morgan fingerprint density at radius 1 is 0.694 bits per heavy atom. The third-order valence-corrected chi connectivity index (χ3v) is 7.01. The van der Waals surface area contributed by atoms with E-state index in [9.17, 15) is 5.26 Å². The van der Waals surface area contributed by atoms with Crippen LogP contribution in [0.25, 0.3) is 55.4 Å². The topological polar surface area (TPSA) is 40.8 Å². The zero-order chi connectivity index (χ0) is 24.8. The molecule has 0 radical (unpaired) electrons. The largest absolute Gasteiger partial charge is 0.454 e. The summed E-state index contributed by atoms with van der Waals surface area (Å²) >= 11 is 0. The molecule has 36 heavy (non-hydrogen) atoms. The van der Waals surface area contributed by atoms with Gasteiger partial charge in [0.25, 0.3) is 0 Å². The van der Waals surface area contributed by atoms with Crippen molar-refractivity contribution in [3.8, 4) is 39.6 Å². The highest BCUT2D eigenvalue weighted by Crippen LogP contribution is 2.43. The molecule has 0 atom stereocenters. The number of aryl methyl sites for hydroxylation is 3. The summed E-state index contributed by atoms with van der Waals surface area (Å²) in [6.07, 6.45) is 2.05. The van der Waals surface area contributed by atoms with Crippen LogP contribution in [0.1, 0.15) is 16.7 Å². The molecule has 0 spiro atoms. The maximum Gasteiger partial charge on any atom is 0.216 e. The van der Waals surface area contributed by atoms with Crippen LogP contribution in [-0.2, 0) is 7.05 Å². The summed E-state index contributed by atoms with van der Waals surface area (Å²) in [4.78, 5) is 0. The Labute approximate surface area is 210 Å². The van der Waals surface area contributed by atoms with E-state index in [1.165, 1.54) is 0 Å². The van der Waals surface area contributed by atoms with E-state index in [-0.39, 0.29) is 0 Å². The summed E-state index contributed by atoms with van der Waals surface area (Å²) in [5.74, 6) is 0. The van der Waals surface area contributed by atoms with Gasteiger partial charge in [0.2, 0.25) is 5.69 Å². The van der Waals surface area contributed by atoms with Crippen LogP contribution in [-0.4, -0.2) is 0 Å². The van der Waals surface area contributed by atoms with Crippen molar-refractivity contribution < 1.29 is 8.98 Å². The molecule has 0 unspecified atom stereocenters.